The van der Waals surface area contributed by atoms with E-state index in [0.29, 0.717) is 31.6 Å². The minimum Gasteiger partial charge on any atom is -0.462 e. The SMILES string of the molecule is CC(C)CCCCCCCCCCCCCCC(=O)OC[C@H](COP(=O)(O)OCC(O)COP(=O)(O)OC[C@@H](COC(=O)CCCCCCCCCCC(C)C)OC(=O)CCCCCCCCCC(C)C)OC(=O)CCCCCCCCCCCC(C)C. The molecule has 0 radical (unpaired) electrons. The van der Waals surface area contributed by atoms with Crippen molar-refractivity contribution in [3.05, 3.63) is 0 Å². The molecule has 0 aliphatic carbocycles. The van der Waals surface area contributed by atoms with Crippen LogP contribution in [0.25, 0.3) is 0 Å². The number of carbonyl (C=O) groups is 4. The van der Waals surface area contributed by atoms with Crippen LogP contribution in [0, 0.1) is 23.7 Å². The molecule has 19 heteroatoms. The van der Waals surface area contributed by atoms with Crippen LogP contribution in [0.1, 0.15) is 338 Å². The standard InChI is InChI=1S/C69H134O17P2/c1-59(2)45-37-29-21-14-11-9-10-12-16-25-33-41-49-66(71)79-55-64(85-68(73)51-43-35-27-17-13-15-22-30-38-46-60(3)4)57-83-87(75,76)81-53-63(70)54-82-88(77,78)84-58-65(86-69(74)52-44-36-28-20-24-32-40-48-62(7)8)56-80-67(72)50-42-34-26-19-18-23-31-39-47-61(5)6/h59-65,70H,9-58H2,1-8H3,(H,75,76)(H,77,78)/t63?,64-,65-/m1/s1. The number of aliphatic hydroxyl groups is 1. The summed E-state index contributed by atoms with van der Waals surface area (Å²) in [7, 11) is -9.90. The van der Waals surface area contributed by atoms with Crippen LogP contribution in [0.3, 0.4) is 0 Å². The number of phosphoric acid groups is 2. The third-order valence-corrected chi connectivity index (χ3v) is 17.7. The Balaban J connectivity index is 5.24. The van der Waals surface area contributed by atoms with Crippen molar-refractivity contribution >= 4 is 39.5 Å². The molecule has 0 rings (SSSR count). The number of hydrogen-bond acceptors (Lipinski definition) is 15. The number of rotatable bonds is 66. The normalized spacial score (nSPS) is 14.3. The molecule has 0 aliphatic rings. The van der Waals surface area contributed by atoms with Crippen LogP contribution in [0.2, 0.25) is 0 Å². The Labute approximate surface area is 537 Å². The number of aliphatic hydroxyl groups excluding tert-OH is 1. The Morgan fingerprint density at radius 3 is 0.705 bits per heavy atom. The second-order valence-electron chi connectivity index (χ2n) is 26.8. The van der Waals surface area contributed by atoms with Crippen LogP contribution in [-0.4, -0.2) is 96.7 Å². The van der Waals surface area contributed by atoms with Crippen molar-refractivity contribution in [1.29, 1.82) is 0 Å². The molecule has 0 amide bonds. The molecule has 0 aromatic rings. The molecular formula is C69H134O17P2. The Morgan fingerprint density at radius 1 is 0.284 bits per heavy atom. The van der Waals surface area contributed by atoms with Crippen LogP contribution in [-0.2, 0) is 65.4 Å². The third kappa shape index (κ3) is 62.8. The quantitative estimate of drug-likeness (QED) is 0.0222. The van der Waals surface area contributed by atoms with E-state index in [1.807, 2.05) is 0 Å². The molecule has 3 N–H and O–H groups in total. The van der Waals surface area contributed by atoms with Gasteiger partial charge in [0, 0.05) is 25.7 Å². The average Bonchev–Trinajstić information content (AvgIpc) is 3.66. The molecule has 0 spiro atoms. The third-order valence-electron chi connectivity index (χ3n) is 15.8. The summed E-state index contributed by atoms with van der Waals surface area (Å²) < 4.78 is 68.2. The zero-order valence-electron chi connectivity index (χ0n) is 57.3. The monoisotopic (exact) mass is 1300 g/mol. The van der Waals surface area contributed by atoms with Crippen molar-refractivity contribution in [3.8, 4) is 0 Å². The molecule has 0 heterocycles. The molecule has 0 aromatic heterocycles. The maximum atomic E-state index is 13.0. The van der Waals surface area contributed by atoms with Crippen molar-refractivity contribution in [1.82, 2.24) is 0 Å². The average molecular weight is 1300 g/mol. The Morgan fingerprint density at radius 2 is 0.477 bits per heavy atom. The van der Waals surface area contributed by atoms with E-state index in [-0.39, 0.29) is 25.7 Å². The highest BCUT2D eigenvalue weighted by molar-refractivity contribution is 7.47. The van der Waals surface area contributed by atoms with Crippen LogP contribution in [0.15, 0.2) is 0 Å². The van der Waals surface area contributed by atoms with E-state index in [9.17, 15) is 43.2 Å². The van der Waals surface area contributed by atoms with E-state index < -0.39 is 97.5 Å². The summed E-state index contributed by atoms with van der Waals surface area (Å²) in [5.41, 5.74) is 0. The van der Waals surface area contributed by atoms with E-state index in [2.05, 4.69) is 55.4 Å². The van der Waals surface area contributed by atoms with E-state index in [4.69, 9.17) is 37.0 Å². The lowest BCUT2D eigenvalue weighted by atomic mass is 10.0. The molecule has 0 fully saturated rings. The summed E-state index contributed by atoms with van der Waals surface area (Å²) >= 11 is 0. The van der Waals surface area contributed by atoms with Crippen LogP contribution < -0.4 is 0 Å². The Kier molecular flexibility index (Phi) is 57.6. The first-order valence-electron chi connectivity index (χ1n) is 35.7. The lowest BCUT2D eigenvalue weighted by Crippen LogP contribution is -2.30. The second kappa shape index (κ2) is 58.8. The molecule has 522 valence electrons. The molecule has 17 nitrogen and oxygen atoms in total. The maximum Gasteiger partial charge on any atom is 0.472 e. The second-order valence-corrected chi connectivity index (χ2v) is 29.7. The van der Waals surface area contributed by atoms with Crippen molar-refractivity contribution in [2.24, 2.45) is 23.7 Å². The lowest BCUT2D eigenvalue weighted by molar-refractivity contribution is -0.161. The van der Waals surface area contributed by atoms with Crippen LogP contribution in [0.4, 0.5) is 0 Å². The summed E-state index contributed by atoms with van der Waals surface area (Å²) in [5.74, 6) is 0.807. The maximum absolute atomic E-state index is 13.0. The zero-order chi connectivity index (χ0) is 65.4. The summed E-state index contributed by atoms with van der Waals surface area (Å²) in [6.07, 6.45) is 40.4. The van der Waals surface area contributed by atoms with Crippen molar-refractivity contribution in [3.63, 3.8) is 0 Å². The zero-order valence-corrected chi connectivity index (χ0v) is 59.1. The topological polar surface area (TPSA) is 237 Å². The first kappa shape index (κ1) is 86.1. The Bertz CT molecular complexity index is 1750. The molecule has 0 bridgehead atoms. The molecule has 5 atom stereocenters. The highest BCUT2D eigenvalue weighted by atomic mass is 31.2. The van der Waals surface area contributed by atoms with Gasteiger partial charge < -0.3 is 33.8 Å². The number of esters is 4. The summed E-state index contributed by atoms with van der Waals surface area (Å²) in [5, 5.41) is 10.6. The van der Waals surface area contributed by atoms with Gasteiger partial charge in [0.25, 0.3) is 0 Å². The highest BCUT2D eigenvalue weighted by Crippen LogP contribution is 2.45. The van der Waals surface area contributed by atoms with Crippen LogP contribution in [0.5, 0.6) is 0 Å². The predicted octanol–water partition coefficient (Wildman–Crippen LogP) is 19.3. The van der Waals surface area contributed by atoms with E-state index >= 15 is 0 Å². The number of carbonyl (C=O) groups excluding carboxylic acids is 4. The lowest BCUT2D eigenvalue weighted by Gasteiger charge is -2.21. The molecule has 3 unspecified atom stereocenters. The fourth-order valence-electron chi connectivity index (χ4n) is 10.3. The number of hydrogen-bond donors (Lipinski definition) is 3. The molecule has 0 saturated carbocycles. The van der Waals surface area contributed by atoms with Gasteiger partial charge in [-0.3, -0.25) is 37.3 Å². The number of ether oxygens (including phenoxy) is 4. The van der Waals surface area contributed by atoms with Gasteiger partial charge in [0.1, 0.15) is 19.3 Å². The van der Waals surface area contributed by atoms with Crippen molar-refractivity contribution in [2.75, 3.05) is 39.6 Å². The first-order valence-corrected chi connectivity index (χ1v) is 38.7. The molecule has 0 saturated heterocycles. The number of phosphoric ester groups is 2. The fourth-order valence-corrected chi connectivity index (χ4v) is 11.9. The molecule has 0 aliphatic heterocycles. The van der Waals surface area contributed by atoms with Gasteiger partial charge in [-0.1, -0.05) is 287 Å². The van der Waals surface area contributed by atoms with Gasteiger partial charge in [-0.2, -0.15) is 0 Å². The van der Waals surface area contributed by atoms with Gasteiger partial charge in [0.2, 0.25) is 0 Å². The minimum absolute atomic E-state index is 0.102. The molecule has 88 heavy (non-hydrogen) atoms. The summed E-state index contributed by atoms with van der Waals surface area (Å²) in [6.45, 7) is 14.0. The van der Waals surface area contributed by atoms with Crippen molar-refractivity contribution < 1.29 is 80.2 Å². The van der Waals surface area contributed by atoms with Crippen LogP contribution >= 0.6 is 15.6 Å². The van der Waals surface area contributed by atoms with Gasteiger partial charge in [0.15, 0.2) is 12.2 Å². The van der Waals surface area contributed by atoms with Crippen molar-refractivity contribution in [2.45, 2.75) is 356 Å². The van der Waals surface area contributed by atoms with E-state index in [1.165, 1.54) is 141 Å². The minimum atomic E-state index is -4.95. The highest BCUT2D eigenvalue weighted by Gasteiger charge is 2.30. The first-order chi connectivity index (χ1) is 42.1. The molecular weight excluding hydrogens is 1160 g/mol. The van der Waals surface area contributed by atoms with Gasteiger partial charge in [-0.25, -0.2) is 9.13 Å². The van der Waals surface area contributed by atoms with E-state index in [1.54, 1.807) is 0 Å². The largest absolute Gasteiger partial charge is 0.472 e. The molecule has 0 aromatic carbocycles. The summed E-state index contributed by atoms with van der Waals surface area (Å²) in [4.78, 5) is 72.5. The number of unbranched alkanes of at least 4 members (excludes halogenated alkanes) is 32. The van der Waals surface area contributed by atoms with Gasteiger partial charge in [0.05, 0.1) is 26.4 Å². The van der Waals surface area contributed by atoms with Gasteiger partial charge >= 0.3 is 39.5 Å². The van der Waals surface area contributed by atoms with E-state index in [0.717, 1.165) is 108 Å². The summed E-state index contributed by atoms with van der Waals surface area (Å²) in [6, 6.07) is 0. The predicted molar refractivity (Wildman–Crippen MR) is 354 cm³/mol. The van der Waals surface area contributed by atoms with Gasteiger partial charge in [-0.15, -0.1) is 0 Å². The van der Waals surface area contributed by atoms with Gasteiger partial charge in [-0.05, 0) is 49.4 Å². The smallest absolute Gasteiger partial charge is 0.462 e. The fraction of sp³-hybridized carbons (Fsp3) is 0.942. The Hall–Kier alpha value is -1.94.